The monoisotopic (exact) mass is 391 g/mol. The van der Waals surface area contributed by atoms with E-state index in [1.807, 2.05) is 6.92 Å². The van der Waals surface area contributed by atoms with Crippen molar-refractivity contribution in [3.8, 4) is 0 Å². The van der Waals surface area contributed by atoms with Crippen molar-refractivity contribution in [2.45, 2.75) is 19.1 Å². The third-order valence-electron chi connectivity index (χ3n) is 4.40. The zero-order valence-corrected chi connectivity index (χ0v) is 15.7. The van der Waals surface area contributed by atoms with Gasteiger partial charge in [-0.3, -0.25) is 20.4 Å². The molecular formula is C16H20N6O4P+. The molecule has 0 aromatic carbocycles. The standard InChI is InChI=1S/C16H20N6O4P/c1-2-9-27(24)22-14-13-15(23)21(12-3-5-18-6-4-12)16(22,17)10-25-7-8-26-20(14)11-19-13/h3-6,11H,2,7-10,17H2,1H3/q+1. The summed E-state index contributed by atoms with van der Waals surface area (Å²) in [5.41, 5.74) is 7.42. The maximum absolute atomic E-state index is 13.3. The topological polar surface area (TPSA) is 116 Å². The van der Waals surface area contributed by atoms with E-state index in [1.165, 1.54) is 20.6 Å². The Bertz CT molecular complexity index is 875. The van der Waals surface area contributed by atoms with Gasteiger partial charge in [-0.25, -0.2) is 4.98 Å². The predicted octanol–water partition coefficient (Wildman–Crippen LogP) is 0.969. The molecular weight excluding hydrogens is 371 g/mol. The molecule has 2 atom stereocenters. The molecule has 2 aliphatic heterocycles. The van der Waals surface area contributed by atoms with Crippen molar-refractivity contribution in [1.29, 1.82) is 0 Å². The number of ether oxygens (including phenoxy) is 1. The molecule has 4 heterocycles. The molecule has 142 valence electrons. The van der Waals surface area contributed by atoms with E-state index in [1.54, 1.807) is 24.5 Å². The number of fused-ring (bicyclic) bond motifs is 1. The first kappa shape index (κ1) is 17.8. The van der Waals surface area contributed by atoms with Crippen LogP contribution in [0.1, 0.15) is 23.8 Å². The van der Waals surface area contributed by atoms with Crippen molar-refractivity contribution >= 4 is 25.4 Å². The second-order valence-electron chi connectivity index (χ2n) is 6.24. The molecule has 2 N–H and O–H groups in total. The van der Waals surface area contributed by atoms with E-state index in [-0.39, 0.29) is 25.5 Å². The fourth-order valence-corrected chi connectivity index (χ4v) is 4.80. The van der Waals surface area contributed by atoms with Gasteiger partial charge in [-0.05, 0) is 23.1 Å². The number of hydrogen-bond acceptors (Lipinski definition) is 7. The summed E-state index contributed by atoms with van der Waals surface area (Å²) in [5.74, 6) is -1.62. The Morgan fingerprint density at radius 2 is 2.11 bits per heavy atom. The molecule has 0 saturated carbocycles. The number of aromatic nitrogens is 3. The van der Waals surface area contributed by atoms with Crippen molar-refractivity contribution in [3.63, 3.8) is 0 Å². The van der Waals surface area contributed by atoms with Crippen LogP contribution in [0.4, 0.5) is 11.5 Å². The fraction of sp³-hybridized carbons (Fsp3) is 0.438. The van der Waals surface area contributed by atoms with Crippen LogP contribution in [0.25, 0.3) is 0 Å². The summed E-state index contributed by atoms with van der Waals surface area (Å²) in [6, 6.07) is 3.34. The molecule has 10 nitrogen and oxygen atoms in total. The molecule has 0 radical (unpaired) electrons. The number of amides is 1. The van der Waals surface area contributed by atoms with E-state index < -0.39 is 19.6 Å². The van der Waals surface area contributed by atoms with Crippen molar-refractivity contribution in [2.75, 3.05) is 35.6 Å². The van der Waals surface area contributed by atoms with Gasteiger partial charge in [0.2, 0.25) is 11.6 Å². The maximum atomic E-state index is 13.3. The second kappa shape index (κ2) is 6.88. The molecule has 2 aromatic rings. The lowest BCUT2D eigenvalue weighted by Crippen LogP contribution is -2.72. The van der Waals surface area contributed by atoms with Crippen molar-refractivity contribution in [3.05, 3.63) is 36.5 Å². The Morgan fingerprint density at radius 1 is 1.33 bits per heavy atom. The number of anilines is 2. The highest BCUT2D eigenvalue weighted by Gasteiger charge is 2.59. The molecule has 0 spiro atoms. The van der Waals surface area contributed by atoms with Crippen LogP contribution < -0.4 is 20.1 Å². The summed E-state index contributed by atoms with van der Waals surface area (Å²) >= 11 is 0. The van der Waals surface area contributed by atoms with E-state index >= 15 is 0 Å². The minimum absolute atomic E-state index is 0.0418. The summed E-state index contributed by atoms with van der Waals surface area (Å²) < 4.78 is 21.8. The third-order valence-corrected chi connectivity index (χ3v) is 6.22. The molecule has 11 heteroatoms. The first-order chi connectivity index (χ1) is 13.1. The zero-order valence-electron chi connectivity index (χ0n) is 14.8. The Kier molecular flexibility index (Phi) is 4.55. The Balaban J connectivity index is 1.96. The molecule has 4 rings (SSSR count). The van der Waals surface area contributed by atoms with Gasteiger partial charge >= 0.3 is 7.95 Å². The Labute approximate surface area is 156 Å². The van der Waals surface area contributed by atoms with Gasteiger partial charge in [-0.2, -0.15) is 4.73 Å². The lowest BCUT2D eigenvalue weighted by molar-refractivity contribution is 0.0326. The first-order valence-electron chi connectivity index (χ1n) is 8.64. The first-order valence-corrected chi connectivity index (χ1v) is 10.0. The third kappa shape index (κ3) is 2.77. The Hall–Kier alpha value is -2.55. The number of rotatable bonds is 4. The van der Waals surface area contributed by atoms with Crippen LogP contribution in [0.2, 0.25) is 0 Å². The number of imidazole rings is 1. The number of nitrogens with two attached hydrogens (primary N) is 1. The summed E-state index contributed by atoms with van der Waals surface area (Å²) in [4.78, 5) is 28.5. The number of pyridine rings is 1. The molecule has 2 unspecified atom stereocenters. The number of carbonyl (C=O) groups excluding carboxylic acids is 1. The average Bonchev–Trinajstić information content (AvgIpc) is 3.07. The quantitative estimate of drug-likeness (QED) is 0.767. The fourth-order valence-electron chi connectivity index (χ4n) is 3.29. The number of nitrogens with zero attached hydrogens (tertiary/aromatic N) is 5. The molecule has 2 bridgehead atoms. The van der Waals surface area contributed by atoms with Crippen molar-refractivity contribution in [1.82, 2.24) is 14.7 Å². The number of hydrogen-bond donors (Lipinski definition) is 1. The van der Waals surface area contributed by atoms with E-state index in [2.05, 4.69) is 9.97 Å². The summed E-state index contributed by atoms with van der Waals surface area (Å²) in [5, 5.41) is 0. The van der Waals surface area contributed by atoms with Gasteiger partial charge in [0.05, 0.1) is 12.3 Å². The normalized spacial score (nSPS) is 22.6. The smallest absolute Gasteiger partial charge is 0.408 e. The molecule has 2 aromatic heterocycles. The molecule has 1 amide bonds. The minimum atomic E-state index is -1.96. The molecule has 27 heavy (non-hydrogen) atoms. The lowest BCUT2D eigenvalue weighted by atomic mass is 10.1. The van der Waals surface area contributed by atoms with Crippen LogP contribution in [0.5, 0.6) is 0 Å². The van der Waals surface area contributed by atoms with Crippen LogP contribution >= 0.6 is 7.95 Å². The van der Waals surface area contributed by atoms with E-state index in [0.29, 0.717) is 24.1 Å². The van der Waals surface area contributed by atoms with Gasteiger partial charge in [0.1, 0.15) is 19.5 Å². The maximum Gasteiger partial charge on any atom is 0.467 e. The van der Waals surface area contributed by atoms with E-state index in [9.17, 15) is 9.36 Å². The number of carbonyl (C=O) groups is 1. The highest BCUT2D eigenvalue weighted by Crippen LogP contribution is 2.46. The average molecular weight is 391 g/mol. The summed E-state index contributed by atoms with van der Waals surface area (Å²) in [6.45, 7) is 2.41. The van der Waals surface area contributed by atoms with Gasteiger partial charge in [0, 0.05) is 12.4 Å². The van der Waals surface area contributed by atoms with Crippen LogP contribution in [0, 0.1) is 0 Å². The van der Waals surface area contributed by atoms with Gasteiger partial charge in [0.25, 0.3) is 5.91 Å². The summed E-state index contributed by atoms with van der Waals surface area (Å²) in [7, 11) is -1.96. The van der Waals surface area contributed by atoms with E-state index in [0.717, 1.165) is 0 Å². The van der Waals surface area contributed by atoms with Crippen LogP contribution in [0.15, 0.2) is 30.9 Å². The second-order valence-corrected chi connectivity index (χ2v) is 7.79. The van der Waals surface area contributed by atoms with Gasteiger partial charge in [-0.15, -0.1) is 4.67 Å². The van der Waals surface area contributed by atoms with Crippen molar-refractivity contribution in [2.24, 2.45) is 5.73 Å². The van der Waals surface area contributed by atoms with Crippen molar-refractivity contribution < 1.29 is 18.9 Å². The highest BCUT2D eigenvalue weighted by molar-refractivity contribution is 7.46. The van der Waals surface area contributed by atoms with Crippen LogP contribution in [-0.2, 0) is 9.30 Å². The van der Waals surface area contributed by atoms with Gasteiger partial charge in [0.15, 0.2) is 11.9 Å². The molecule has 0 saturated heterocycles. The van der Waals surface area contributed by atoms with Crippen LogP contribution in [-0.4, -0.2) is 52.4 Å². The minimum Gasteiger partial charge on any atom is -0.408 e. The SMILES string of the molecule is CCC[P+](=O)N1c2c3ncn2OCCOCC1(N)N(c1ccncc1)C3=O. The van der Waals surface area contributed by atoms with Gasteiger partial charge in [-0.1, -0.05) is 6.92 Å². The zero-order chi connectivity index (χ0) is 19.0. The predicted molar refractivity (Wildman–Crippen MR) is 97.7 cm³/mol. The Morgan fingerprint density at radius 3 is 2.85 bits per heavy atom. The highest BCUT2D eigenvalue weighted by atomic mass is 31.1. The van der Waals surface area contributed by atoms with Gasteiger partial charge < -0.3 is 9.57 Å². The van der Waals surface area contributed by atoms with E-state index in [4.69, 9.17) is 15.3 Å². The largest absolute Gasteiger partial charge is 0.467 e. The molecule has 2 aliphatic rings. The molecule has 0 aliphatic carbocycles. The van der Waals surface area contributed by atoms with Crippen LogP contribution in [0.3, 0.4) is 0 Å². The molecule has 0 fully saturated rings. The lowest BCUT2D eigenvalue weighted by Gasteiger charge is -2.44. The summed E-state index contributed by atoms with van der Waals surface area (Å²) in [6.07, 6.45) is 5.62.